The minimum absolute atomic E-state index is 0.338. The molecule has 0 radical (unpaired) electrons. The molecule has 3 rings (SSSR count). The molecule has 0 saturated heterocycles. The lowest BCUT2D eigenvalue weighted by Crippen LogP contribution is -2.20. The average molecular weight is 322 g/mol. The Labute approximate surface area is 139 Å². The number of hydrogen-bond donors (Lipinski definition) is 2. The van der Waals surface area contributed by atoms with E-state index in [1.54, 1.807) is 29.4 Å². The van der Waals surface area contributed by atoms with E-state index >= 15 is 0 Å². The van der Waals surface area contributed by atoms with E-state index in [9.17, 15) is 4.79 Å². The number of carbonyl (C=O) groups is 1. The molecular weight excluding hydrogens is 304 g/mol. The van der Waals surface area contributed by atoms with Gasteiger partial charge < -0.3 is 10.6 Å². The number of amides is 2. The Hall–Kier alpha value is -3.22. The first kappa shape index (κ1) is 15.7. The fourth-order valence-electron chi connectivity index (χ4n) is 2.44. The number of nitrogens with zero attached hydrogens (tertiary/aromatic N) is 4. The standard InChI is InChI=1S/C17H18N6O/c1-11-6-12(2)8-14(7-11)21-17(24)22-15-9-19-16(20-10-15)23-5-4-18-13(23)3/h4-10H,1-3H3,(H2,21,22,24). The zero-order valence-corrected chi connectivity index (χ0v) is 13.7. The molecule has 0 saturated carbocycles. The van der Waals surface area contributed by atoms with Crippen molar-refractivity contribution in [3.05, 3.63) is 59.9 Å². The van der Waals surface area contributed by atoms with Gasteiger partial charge in [0.1, 0.15) is 5.82 Å². The van der Waals surface area contributed by atoms with Crippen LogP contribution < -0.4 is 10.6 Å². The van der Waals surface area contributed by atoms with Gasteiger partial charge in [-0.2, -0.15) is 0 Å². The molecule has 0 fully saturated rings. The number of imidazole rings is 1. The fourth-order valence-corrected chi connectivity index (χ4v) is 2.44. The van der Waals surface area contributed by atoms with Crippen molar-refractivity contribution in [3.8, 4) is 5.95 Å². The molecule has 2 aromatic heterocycles. The van der Waals surface area contributed by atoms with Crippen molar-refractivity contribution in [2.24, 2.45) is 0 Å². The van der Waals surface area contributed by atoms with E-state index in [0.717, 1.165) is 22.6 Å². The van der Waals surface area contributed by atoms with E-state index < -0.39 is 0 Å². The topological polar surface area (TPSA) is 84.7 Å². The number of hydrogen-bond acceptors (Lipinski definition) is 4. The SMILES string of the molecule is Cc1cc(C)cc(NC(=O)Nc2cnc(-n3ccnc3C)nc2)c1. The van der Waals surface area contributed by atoms with Crippen molar-refractivity contribution in [1.29, 1.82) is 0 Å². The number of carbonyl (C=O) groups excluding carboxylic acids is 1. The van der Waals surface area contributed by atoms with Crippen LogP contribution in [0.25, 0.3) is 5.95 Å². The van der Waals surface area contributed by atoms with Gasteiger partial charge in [-0.25, -0.2) is 19.7 Å². The molecule has 0 aliphatic rings. The van der Waals surface area contributed by atoms with E-state index in [4.69, 9.17) is 0 Å². The highest BCUT2D eigenvalue weighted by atomic mass is 16.2. The van der Waals surface area contributed by atoms with Gasteiger partial charge in [0.05, 0.1) is 18.1 Å². The number of aromatic nitrogens is 4. The van der Waals surface area contributed by atoms with Crippen LogP contribution in [0.1, 0.15) is 17.0 Å². The second-order valence-corrected chi connectivity index (χ2v) is 5.57. The number of urea groups is 1. The molecule has 2 amide bonds. The van der Waals surface area contributed by atoms with Gasteiger partial charge in [0.15, 0.2) is 0 Å². The summed E-state index contributed by atoms with van der Waals surface area (Å²) in [6.45, 7) is 5.84. The van der Waals surface area contributed by atoms with Crippen LogP contribution in [0.15, 0.2) is 43.0 Å². The van der Waals surface area contributed by atoms with Gasteiger partial charge in [0.2, 0.25) is 5.95 Å². The summed E-state index contributed by atoms with van der Waals surface area (Å²) in [7, 11) is 0. The number of anilines is 2. The summed E-state index contributed by atoms with van der Waals surface area (Å²) in [5, 5.41) is 5.52. The quantitative estimate of drug-likeness (QED) is 0.775. The Bertz CT molecular complexity index is 849. The molecule has 0 atom stereocenters. The third-order valence-corrected chi connectivity index (χ3v) is 3.42. The average Bonchev–Trinajstić information content (AvgIpc) is 2.93. The van der Waals surface area contributed by atoms with Gasteiger partial charge in [-0.15, -0.1) is 0 Å². The highest BCUT2D eigenvalue weighted by Gasteiger charge is 2.07. The summed E-state index contributed by atoms with van der Waals surface area (Å²) < 4.78 is 1.76. The Morgan fingerprint density at radius 1 is 0.917 bits per heavy atom. The smallest absolute Gasteiger partial charge is 0.308 e. The van der Waals surface area contributed by atoms with Crippen LogP contribution in [0.3, 0.4) is 0 Å². The van der Waals surface area contributed by atoms with Crippen molar-refractivity contribution < 1.29 is 4.79 Å². The van der Waals surface area contributed by atoms with E-state index in [-0.39, 0.29) is 6.03 Å². The van der Waals surface area contributed by atoms with Crippen LogP contribution in [-0.4, -0.2) is 25.6 Å². The minimum Gasteiger partial charge on any atom is -0.308 e. The van der Waals surface area contributed by atoms with Gasteiger partial charge in [-0.3, -0.25) is 4.57 Å². The molecule has 122 valence electrons. The lowest BCUT2D eigenvalue weighted by molar-refractivity contribution is 0.262. The maximum Gasteiger partial charge on any atom is 0.323 e. The molecule has 2 heterocycles. The molecule has 0 spiro atoms. The van der Waals surface area contributed by atoms with E-state index in [0.29, 0.717) is 11.6 Å². The molecule has 24 heavy (non-hydrogen) atoms. The summed E-state index contributed by atoms with van der Waals surface area (Å²) in [4.78, 5) is 24.7. The van der Waals surface area contributed by atoms with Crippen LogP contribution in [-0.2, 0) is 0 Å². The van der Waals surface area contributed by atoms with Gasteiger partial charge >= 0.3 is 6.03 Å². The molecule has 2 N–H and O–H groups in total. The first-order valence-electron chi connectivity index (χ1n) is 7.50. The third kappa shape index (κ3) is 3.57. The maximum absolute atomic E-state index is 12.1. The monoisotopic (exact) mass is 322 g/mol. The maximum atomic E-state index is 12.1. The van der Waals surface area contributed by atoms with Crippen LogP contribution in [0.2, 0.25) is 0 Å². The fraction of sp³-hybridized carbons (Fsp3) is 0.176. The zero-order valence-electron chi connectivity index (χ0n) is 13.7. The second-order valence-electron chi connectivity index (χ2n) is 5.57. The predicted molar refractivity (Wildman–Crippen MR) is 92.4 cm³/mol. The molecule has 7 nitrogen and oxygen atoms in total. The molecule has 0 bridgehead atoms. The number of rotatable bonds is 3. The molecular formula is C17H18N6O. The normalized spacial score (nSPS) is 10.5. The predicted octanol–water partition coefficient (Wildman–Crippen LogP) is 3.23. The summed E-state index contributed by atoms with van der Waals surface area (Å²) in [5.74, 6) is 1.30. The summed E-state index contributed by atoms with van der Waals surface area (Å²) in [6.07, 6.45) is 6.58. The van der Waals surface area contributed by atoms with Crippen molar-refractivity contribution in [2.75, 3.05) is 10.6 Å². The summed E-state index contributed by atoms with van der Waals surface area (Å²) in [6, 6.07) is 5.53. The lowest BCUT2D eigenvalue weighted by atomic mass is 10.1. The van der Waals surface area contributed by atoms with Crippen molar-refractivity contribution in [2.45, 2.75) is 20.8 Å². The van der Waals surface area contributed by atoms with E-state index in [1.807, 2.05) is 39.0 Å². The highest BCUT2D eigenvalue weighted by molar-refractivity contribution is 5.99. The summed E-state index contributed by atoms with van der Waals surface area (Å²) >= 11 is 0. The lowest BCUT2D eigenvalue weighted by Gasteiger charge is -2.09. The van der Waals surface area contributed by atoms with Gasteiger partial charge in [-0.05, 0) is 44.0 Å². The second kappa shape index (κ2) is 6.49. The first-order valence-corrected chi connectivity index (χ1v) is 7.50. The Morgan fingerprint density at radius 3 is 2.12 bits per heavy atom. The molecule has 7 heteroatoms. The Kier molecular flexibility index (Phi) is 4.24. The van der Waals surface area contributed by atoms with Crippen LogP contribution in [0.4, 0.5) is 16.2 Å². The van der Waals surface area contributed by atoms with Crippen molar-refractivity contribution in [1.82, 2.24) is 19.5 Å². The number of benzene rings is 1. The van der Waals surface area contributed by atoms with Gasteiger partial charge in [0.25, 0.3) is 0 Å². The van der Waals surface area contributed by atoms with Crippen LogP contribution in [0, 0.1) is 20.8 Å². The molecule has 1 aromatic carbocycles. The number of aryl methyl sites for hydroxylation is 3. The minimum atomic E-state index is -0.338. The van der Waals surface area contributed by atoms with E-state index in [1.165, 1.54) is 0 Å². The largest absolute Gasteiger partial charge is 0.323 e. The van der Waals surface area contributed by atoms with Crippen LogP contribution >= 0.6 is 0 Å². The molecule has 0 aliphatic carbocycles. The van der Waals surface area contributed by atoms with Crippen molar-refractivity contribution in [3.63, 3.8) is 0 Å². The van der Waals surface area contributed by atoms with Gasteiger partial charge in [-0.1, -0.05) is 6.07 Å². The third-order valence-electron chi connectivity index (χ3n) is 3.42. The zero-order chi connectivity index (χ0) is 17.1. The Balaban J connectivity index is 1.67. The Morgan fingerprint density at radius 2 is 1.54 bits per heavy atom. The number of nitrogens with one attached hydrogen (secondary N) is 2. The van der Waals surface area contributed by atoms with E-state index in [2.05, 4.69) is 25.6 Å². The van der Waals surface area contributed by atoms with Gasteiger partial charge in [0, 0.05) is 18.1 Å². The van der Waals surface area contributed by atoms with Crippen LogP contribution in [0.5, 0.6) is 0 Å². The summed E-state index contributed by atoms with van der Waals surface area (Å²) in [5.41, 5.74) is 3.44. The molecule has 0 aliphatic heterocycles. The first-order chi connectivity index (χ1) is 11.5. The van der Waals surface area contributed by atoms with Crippen molar-refractivity contribution >= 4 is 17.4 Å². The molecule has 0 unspecified atom stereocenters. The highest BCUT2D eigenvalue weighted by Crippen LogP contribution is 2.14. The molecule has 3 aromatic rings.